The minimum absolute atomic E-state index is 0.0301. The Morgan fingerprint density at radius 1 is 1.22 bits per heavy atom. The van der Waals surface area contributed by atoms with E-state index in [2.05, 4.69) is 4.98 Å². The number of hydrogen-bond donors (Lipinski definition) is 0. The van der Waals surface area contributed by atoms with E-state index in [0.717, 1.165) is 27.3 Å². The van der Waals surface area contributed by atoms with E-state index in [-0.39, 0.29) is 23.6 Å². The van der Waals surface area contributed by atoms with Crippen molar-refractivity contribution in [3.05, 3.63) is 59.9 Å². The number of amides is 1. The molecule has 0 bridgehead atoms. The zero-order valence-corrected chi connectivity index (χ0v) is 13.4. The van der Waals surface area contributed by atoms with E-state index in [1.165, 1.54) is 23.5 Å². The Morgan fingerprint density at radius 3 is 2.70 bits per heavy atom. The van der Waals surface area contributed by atoms with Gasteiger partial charge < -0.3 is 0 Å². The number of nitrogens with zero attached hydrogens (tertiary/aromatic N) is 2. The standard InChI is InChI=1S/C18H15FN2OS/c1-21(18-20-15-4-2-3-5-16(15)23-18)17(22)14-10-13(14)11-6-8-12(19)9-7-11/h2-9,13-14H,10H2,1H3. The molecule has 23 heavy (non-hydrogen) atoms. The second-order valence-electron chi connectivity index (χ2n) is 5.86. The summed E-state index contributed by atoms with van der Waals surface area (Å²) < 4.78 is 14.1. The van der Waals surface area contributed by atoms with Gasteiger partial charge in [0.1, 0.15) is 5.82 Å². The van der Waals surface area contributed by atoms with Gasteiger partial charge in [0.25, 0.3) is 0 Å². The highest BCUT2D eigenvalue weighted by molar-refractivity contribution is 7.22. The van der Waals surface area contributed by atoms with E-state index in [1.54, 1.807) is 24.1 Å². The third kappa shape index (κ3) is 2.61. The number of benzene rings is 2. The van der Waals surface area contributed by atoms with Gasteiger partial charge in [-0.25, -0.2) is 9.37 Å². The third-order valence-electron chi connectivity index (χ3n) is 4.31. The summed E-state index contributed by atoms with van der Waals surface area (Å²) in [6.45, 7) is 0. The van der Waals surface area contributed by atoms with Crippen LogP contribution in [0.1, 0.15) is 17.9 Å². The van der Waals surface area contributed by atoms with Crippen molar-refractivity contribution >= 4 is 32.6 Å². The van der Waals surface area contributed by atoms with E-state index in [9.17, 15) is 9.18 Å². The topological polar surface area (TPSA) is 33.2 Å². The largest absolute Gasteiger partial charge is 0.291 e. The molecule has 0 N–H and O–H groups in total. The SMILES string of the molecule is CN(C(=O)C1CC1c1ccc(F)cc1)c1nc2ccccc2s1. The second kappa shape index (κ2) is 5.42. The van der Waals surface area contributed by atoms with E-state index >= 15 is 0 Å². The van der Waals surface area contributed by atoms with E-state index < -0.39 is 0 Å². The number of para-hydroxylation sites is 1. The lowest BCUT2D eigenvalue weighted by molar-refractivity contribution is -0.119. The van der Waals surface area contributed by atoms with Crippen LogP contribution in [0.4, 0.5) is 9.52 Å². The number of hydrogen-bond acceptors (Lipinski definition) is 3. The molecule has 1 amide bonds. The first-order valence-electron chi connectivity index (χ1n) is 7.52. The van der Waals surface area contributed by atoms with Gasteiger partial charge in [0.05, 0.1) is 10.2 Å². The molecule has 5 heteroatoms. The highest BCUT2D eigenvalue weighted by atomic mass is 32.1. The molecule has 0 aliphatic heterocycles. The fraction of sp³-hybridized carbons (Fsp3) is 0.222. The lowest BCUT2D eigenvalue weighted by Crippen LogP contribution is -2.28. The van der Waals surface area contributed by atoms with Gasteiger partial charge in [-0.05, 0) is 42.2 Å². The maximum absolute atomic E-state index is 13.0. The molecule has 0 radical (unpaired) electrons. The third-order valence-corrected chi connectivity index (χ3v) is 5.42. The van der Waals surface area contributed by atoms with Gasteiger partial charge in [-0.1, -0.05) is 35.6 Å². The summed E-state index contributed by atoms with van der Waals surface area (Å²) in [7, 11) is 1.78. The number of rotatable bonds is 3. The Balaban J connectivity index is 1.52. The lowest BCUT2D eigenvalue weighted by atomic mass is 10.1. The summed E-state index contributed by atoms with van der Waals surface area (Å²) >= 11 is 1.52. The van der Waals surface area contributed by atoms with Crippen molar-refractivity contribution < 1.29 is 9.18 Å². The van der Waals surface area contributed by atoms with Gasteiger partial charge in [0.15, 0.2) is 5.13 Å². The Kier molecular flexibility index (Phi) is 3.38. The number of anilines is 1. The quantitative estimate of drug-likeness (QED) is 0.722. The average Bonchev–Trinajstić information content (AvgIpc) is 3.24. The van der Waals surface area contributed by atoms with Crippen molar-refractivity contribution in [1.82, 2.24) is 4.98 Å². The summed E-state index contributed by atoms with van der Waals surface area (Å²) in [4.78, 5) is 18.8. The molecule has 2 unspecified atom stereocenters. The maximum Gasteiger partial charge on any atom is 0.232 e. The van der Waals surface area contributed by atoms with Crippen molar-refractivity contribution in [2.45, 2.75) is 12.3 Å². The van der Waals surface area contributed by atoms with Crippen LogP contribution >= 0.6 is 11.3 Å². The Labute approximate surface area is 137 Å². The summed E-state index contributed by atoms with van der Waals surface area (Å²) in [6.07, 6.45) is 0.819. The van der Waals surface area contributed by atoms with Gasteiger partial charge in [-0.2, -0.15) is 0 Å². The molecule has 1 fully saturated rings. The predicted octanol–water partition coefficient (Wildman–Crippen LogP) is 4.20. The van der Waals surface area contributed by atoms with E-state index in [0.29, 0.717) is 0 Å². The molecular formula is C18H15FN2OS. The smallest absolute Gasteiger partial charge is 0.232 e. The molecule has 0 saturated heterocycles. The summed E-state index contributed by atoms with van der Waals surface area (Å²) in [5, 5.41) is 0.723. The van der Waals surface area contributed by atoms with Crippen molar-refractivity contribution in [2.24, 2.45) is 5.92 Å². The molecule has 2 aromatic carbocycles. The van der Waals surface area contributed by atoms with Crippen molar-refractivity contribution in [1.29, 1.82) is 0 Å². The minimum atomic E-state index is -0.246. The lowest BCUT2D eigenvalue weighted by Gasteiger charge is -2.13. The molecule has 0 spiro atoms. The second-order valence-corrected chi connectivity index (χ2v) is 6.87. The number of halogens is 1. The van der Waals surface area contributed by atoms with Crippen molar-refractivity contribution in [3.8, 4) is 0 Å². The Bertz CT molecular complexity index is 841. The summed E-state index contributed by atoms with van der Waals surface area (Å²) in [6, 6.07) is 14.3. The molecule has 116 valence electrons. The number of thiazole rings is 1. The molecule has 1 saturated carbocycles. The minimum Gasteiger partial charge on any atom is -0.291 e. The Morgan fingerprint density at radius 2 is 1.96 bits per heavy atom. The summed E-state index contributed by atoms with van der Waals surface area (Å²) in [5.74, 6) is -0.000321. The number of carbonyl (C=O) groups excluding carboxylic acids is 1. The van der Waals surface area contributed by atoms with E-state index in [1.807, 2.05) is 24.3 Å². The van der Waals surface area contributed by atoms with Crippen LogP contribution in [0.15, 0.2) is 48.5 Å². The first kappa shape index (κ1) is 14.3. The Hall–Kier alpha value is -2.27. The van der Waals surface area contributed by atoms with Crippen LogP contribution in [0.5, 0.6) is 0 Å². The molecule has 2 atom stereocenters. The van der Waals surface area contributed by atoms with Crippen molar-refractivity contribution in [3.63, 3.8) is 0 Å². The monoisotopic (exact) mass is 326 g/mol. The number of aromatic nitrogens is 1. The molecule has 4 rings (SSSR count). The number of carbonyl (C=O) groups is 1. The molecule has 1 heterocycles. The van der Waals surface area contributed by atoms with Gasteiger partial charge >= 0.3 is 0 Å². The summed E-state index contributed by atoms with van der Waals surface area (Å²) in [5.41, 5.74) is 1.94. The zero-order chi connectivity index (χ0) is 16.0. The fourth-order valence-electron chi connectivity index (χ4n) is 2.89. The molecule has 1 aromatic heterocycles. The normalized spacial score (nSPS) is 19.7. The molecule has 3 nitrogen and oxygen atoms in total. The maximum atomic E-state index is 13.0. The highest BCUT2D eigenvalue weighted by Crippen LogP contribution is 2.49. The molecular weight excluding hydrogens is 311 g/mol. The first-order chi connectivity index (χ1) is 11.1. The van der Waals surface area contributed by atoms with Crippen LogP contribution in [0.3, 0.4) is 0 Å². The van der Waals surface area contributed by atoms with Crippen LogP contribution in [-0.2, 0) is 4.79 Å². The highest BCUT2D eigenvalue weighted by Gasteiger charge is 2.45. The van der Waals surface area contributed by atoms with Crippen molar-refractivity contribution in [2.75, 3.05) is 11.9 Å². The van der Waals surface area contributed by atoms with Gasteiger partial charge in [-0.3, -0.25) is 9.69 Å². The fourth-order valence-corrected chi connectivity index (χ4v) is 3.83. The van der Waals surface area contributed by atoms with Crippen LogP contribution < -0.4 is 4.90 Å². The van der Waals surface area contributed by atoms with Gasteiger partial charge in [-0.15, -0.1) is 0 Å². The zero-order valence-electron chi connectivity index (χ0n) is 12.6. The molecule has 3 aromatic rings. The van der Waals surface area contributed by atoms with Crippen LogP contribution in [0, 0.1) is 11.7 Å². The van der Waals surface area contributed by atoms with Crippen LogP contribution in [0.25, 0.3) is 10.2 Å². The predicted molar refractivity (Wildman–Crippen MR) is 90.3 cm³/mol. The first-order valence-corrected chi connectivity index (χ1v) is 8.34. The molecule has 1 aliphatic carbocycles. The van der Waals surface area contributed by atoms with Gasteiger partial charge in [0, 0.05) is 13.0 Å². The van der Waals surface area contributed by atoms with E-state index in [4.69, 9.17) is 0 Å². The molecule has 1 aliphatic rings. The van der Waals surface area contributed by atoms with Crippen LogP contribution in [-0.4, -0.2) is 17.9 Å². The van der Waals surface area contributed by atoms with Gasteiger partial charge in [0.2, 0.25) is 5.91 Å². The number of fused-ring (bicyclic) bond motifs is 1. The van der Waals surface area contributed by atoms with Crippen LogP contribution in [0.2, 0.25) is 0 Å². The average molecular weight is 326 g/mol.